The molecule has 2 aromatic heterocycles. The minimum absolute atomic E-state index is 0.639. The van der Waals surface area contributed by atoms with Gasteiger partial charge in [-0.1, -0.05) is 6.92 Å². The molecule has 0 bridgehead atoms. The Morgan fingerprint density at radius 1 is 1.16 bits per heavy atom. The van der Waals surface area contributed by atoms with Gasteiger partial charge in [0.25, 0.3) is 0 Å². The third-order valence-electron chi connectivity index (χ3n) is 2.56. The largest absolute Gasteiger partial charge is 0.492 e. The number of nitrogens with zero attached hydrogens (tertiary/aromatic N) is 2. The predicted octanol–water partition coefficient (Wildman–Crippen LogP) is 3.11. The van der Waals surface area contributed by atoms with E-state index < -0.39 is 6.10 Å². The van der Waals surface area contributed by atoms with Gasteiger partial charge in [-0.2, -0.15) is 0 Å². The van der Waals surface area contributed by atoms with Gasteiger partial charge in [-0.3, -0.25) is 9.97 Å². The average Bonchev–Trinajstić information content (AvgIpc) is 2.44. The van der Waals surface area contributed by atoms with Crippen LogP contribution in [0.3, 0.4) is 0 Å². The van der Waals surface area contributed by atoms with Crippen LogP contribution in [0.15, 0.2) is 41.4 Å². The summed E-state index contributed by atoms with van der Waals surface area (Å²) < 4.78 is 6.34. The molecule has 1 atom stereocenters. The Morgan fingerprint density at radius 3 is 2.53 bits per heavy atom. The van der Waals surface area contributed by atoms with Crippen LogP contribution in [0.2, 0.25) is 0 Å². The molecule has 0 aliphatic carbocycles. The third kappa shape index (κ3) is 3.75. The Balaban J connectivity index is 2.21. The molecule has 0 saturated carbocycles. The second kappa shape index (κ2) is 6.63. The van der Waals surface area contributed by atoms with E-state index in [1.54, 1.807) is 30.9 Å². The van der Waals surface area contributed by atoms with Gasteiger partial charge in [0.05, 0.1) is 12.8 Å². The van der Waals surface area contributed by atoms with Crippen molar-refractivity contribution in [1.82, 2.24) is 9.97 Å². The number of pyridine rings is 2. The molecule has 0 aliphatic rings. The quantitative estimate of drug-likeness (QED) is 0.919. The summed E-state index contributed by atoms with van der Waals surface area (Å²) in [6.07, 6.45) is 6.75. The van der Waals surface area contributed by atoms with Crippen molar-refractivity contribution in [2.45, 2.75) is 19.4 Å². The summed E-state index contributed by atoms with van der Waals surface area (Å²) in [5.41, 5.74) is 1.40. The number of hydrogen-bond acceptors (Lipinski definition) is 4. The molecule has 2 aromatic rings. The van der Waals surface area contributed by atoms with E-state index in [0.29, 0.717) is 23.5 Å². The Labute approximate surface area is 120 Å². The molecule has 1 N–H and O–H groups in total. The van der Waals surface area contributed by atoms with Crippen LogP contribution in [-0.4, -0.2) is 21.7 Å². The fourth-order valence-electron chi connectivity index (χ4n) is 1.65. The maximum atomic E-state index is 10.3. The summed E-state index contributed by atoms with van der Waals surface area (Å²) in [6, 6.07) is 3.63. The Bertz CT molecular complexity index is 548. The maximum absolute atomic E-state index is 10.3. The molecular weight excluding hydrogens is 308 g/mol. The Hall–Kier alpha value is -1.46. The molecule has 5 heteroatoms. The highest BCUT2D eigenvalue weighted by molar-refractivity contribution is 9.10. The first kappa shape index (κ1) is 14.0. The number of ether oxygens (including phenoxy) is 1. The highest BCUT2D eigenvalue weighted by Gasteiger charge is 2.12. The molecular formula is C14H15BrN2O2. The number of rotatable bonds is 5. The van der Waals surface area contributed by atoms with E-state index in [4.69, 9.17) is 4.74 Å². The monoisotopic (exact) mass is 322 g/mol. The highest BCUT2D eigenvalue weighted by Crippen LogP contribution is 2.25. The Kier molecular flexibility index (Phi) is 4.87. The lowest BCUT2D eigenvalue weighted by atomic mass is 10.1. The smallest absolute Gasteiger partial charge is 0.137 e. The van der Waals surface area contributed by atoms with Gasteiger partial charge in [-0.05, 0) is 34.5 Å². The van der Waals surface area contributed by atoms with Crippen molar-refractivity contribution in [3.63, 3.8) is 0 Å². The van der Waals surface area contributed by atoms with E-state index in [1.165, 1.54) is 0 Å². The van der Waals surface area contributed by atoms with Crippen molar-refractivity contribution in [1.29, 1.82) is 0 Å². The molecule has 2 heterocycles. The summed E-state index contributed by atoms with van der Waals surface area (Å²) in [7, 11) is 0. The fourth-order valence-corrected chi connectivity index (χ4v) is 2.04. The van der Waals surface area contributed by atoms with Crippen molar-refractivity contribution >= 4 is 15.9 Å². The van der Waals surface area contributed by atoms with Gasteiger partial charge in [0, 0.05) is 34.2 Å². The average molecular weight is 323 g/mol. The molecule has 2 rings (SSSR count). The first-order valence-corrected chi connectivity index (χ1v) is 6.86. The van der Waals surface area contributed by atoms with Gasteiger partial charge < -0.3 is 9.84 Å². The number of halogens is 1. The number of aromatic nitrogens is 2. The molecule has 0 radical (unpaired) electrons. The molecule has 0 saturated heterocycles. The van der Waals surface area contributed by atoms with Crippen molar-refractivity contribution in [2.24, 2.45) is 0 Å². The lowest BCUT2D eigenvalue weighted by molar-refractivity contribution is 0.218. The zero-order valence-electron chi connectivity index (χ0n) is 10.6. The SMILES string of the molecule is CCCOc1cncc(C(O)c2cncc(Br)c2)c1. The lowest BCUT2D eigenvalue weighted by Gasteiger charge is -2.12. The lowest BCUT2D eigenvalue weighted by Crippen LogP contribution is -2.02. The normalized spacial score (nSPS) is 12.2. The van der Waals surface area contributed by atoms with Gasteiger partial charge in [0.1, 0.15) is 11.9 Å². The summed E-state index contributed by atoms with van der Waals surface area (Å²) in [5.74, 6) is 0.668. The summed E-state index contributed by atoms with van der Waals surface area (Å²) >= 11 is 3.34. The molecule has 4 nitrogen and oxygen atoms in total. The van der Waals surface area contributed by atoms with E-state index in [9.17, 15) is 5.11 Å². The predicted molar refractivity (Wildman–Crippen MR) is 76.0 cm³/mol. The van der Waals surface area contributed by atoms with Gasteiger partial charge in [-0.25, -0.2) is 0 Å². The van der Waals surface area contributed by atoms with Crippen LogP contribution in [0.5, 0.6) is 5.75 Å². The van der Waals surface area contributed by atoms with E-state index in [2.05, 4.69) is 25.9 Å². The minimum atomic E-state index is -0.761. The summed E-state index contributed by atoms with van der Waals surface area (Å²) in [4.78, 5) is 8.13. The summed E-state index contributed by atoms with van der Waals surface area (Å²) in [5, 5.41) is 10.3. The standard InChI is InChI=1S/C14H15BrN2O2/c1-2-3-19-13-5-11(7-17-9-13)14(18)10-4-12(15)8-16-6-10/h4-9,14,18H,2-3H2,1H3. The molecule has 1 unspecified atom stereocenters. The molecule has 0 amide bonds. The van der Waals surface area contributed by atoms with Crippen molar-refractivity contribution in [3.05, 3.63) is 52.5 Å². The minimum Gasteiger partial charge on any atom is -0.492 e. The van der Waals surface area contributed by atoms with Gasteiger partial charge in [-0.15, -0.1) is 0 Å². The van der Waals surface area contributed by atoms with E-state index >= 15 is 0 Å². The molecule has 0 aliphatic heterocycles. The van der Waals surface area contributed by atoms with Crippen molar-refractivity contribution in [3.8, 4) is 5.75 Å². The summed E-state index contributed by atoms with van der Waals surface area (Å²) in [6.45, 7) is 2.68. The molecule has 100 valence electrons. The number of aliphatic hydroxyl groups is 1. The van der Waals surface area contributed by atoms with Gasteiger partial charge in [0.2, 0.25) is 0 Å². The van der Waals surface area contributed by atoms with Crippen LogP contribution in [0.4, 0.5) is 0 Å². The van der Waals surface area contributed by atoms with Crippen LogP contribution < -0.4 is 4.74 Å². The fraction of sp³-hybridized carbons (Fsp3) is 0.286. The van der Waals surface area contributed by atoms with Crippen molar-refractivity contribution < 1.29 is 9.84 Å². The molecule has 0 fully saturated rings. The second-order valence-electron chi connectivity index (χ2n) is 4.14. The zero-order valence-corrected chi connectivity index (χ0v) is 12.2. The maximum Gasteiger partial charge on any atom is 0.137 e. The first-order chi connectivity index (χ1) is 9.20. The highest BCUT2D eigenvalue weighted by atomic mass is 79.9. The number of aliphatic hydroxyl groups excluding tert-OH is 1. The van der Waals surface area contributed by atoms with E-state index in [-0.39, 0.29) is 0 Å². The second-order valence-corrected chi connectivity index (χ2v) is 5.06. The van der Waals surface area contributed by atoms with Gasteiger partial charge >= 0.3 is 0 Å². The van der Waals surface area contributed by atoms with Crippen molar-refractivity contribution in [2.75, 3.05) is 6.61 Å². The van der Waals surface area contributed by atoms with Crippen LogP contribution in [-0.2, 0) is 0 Å². The van der Waals surface area contributed by atoms with E-state index in [0.717, 1.165) is 10.9 Å². The third-order valence-corrected chi connectivity index (χ3v) is 3.00. The Morgan fingerprint density at radius 2 is 1.84 bits per heavy atom. The zero-order chi connectivity index (χ0) is 13.7. The topological polar surface area (TPSA) is 55.2 Å². The van der Waals surface area contributed by atoms with Crippen LogP contribution in [0.25, 0.3) is 0 Å². The van der Waals surface area contributed by atoms with Gasteiger partial charge in [0.15, 0.2) is 0 Å². The molecule has 19 heavy (non-hydrogen) atoms. The molecule has 0 spiro atoms. The number of hydrogen-bond donors (Lipinski definition) is 1. The molecule has 0 aromatic carbocycles. The van der Waals surface area contributed by atoms with Crippen LogP contribution in [0, 0.1) is 0 Å². The van der Waals surface area contributed by atoms with Crippen LogP contribution >= 0.6 is 15.9 Å². The first-order valence-electron chi connectivity index (χ1n) is 6.07. The van der Waals surface area contributed by atoms with Crippen LogP contribution in [0.1, 0.15) is 30.6 Å². The van der Waals surface area contributed by atoms with E-state index in [1.807, 2.05) is 13.0 Å².